The Morgan fingerprint density at radius 2 is 0.870 bits per heavy atom. The lowest BCUT2D eigenvalue weighted by molar-refractivity contribution is 1.28. The minimum atomic E-state index is 1.10. The van der Waals surface area contributed by atoms with E-state index in [1.54, 1.807) is 0 Å². The Balaban J connectivity index is 1.20. The van der Waals surface area contributed by atoms with E-state index in [4.69, 9.17) is 0 Å². The highest BCUT2D eigenvalue weighted by atomic mass is 32.1. The summed E-state index contributed by atoms with van der Waals surface area (Å²) in [5.74, 6) is 0. The van der Waals surface area contributed by atoms with Gasteiger partial charge in [0.05, 0.1) is 5.69 Å². The lowest BCUT2D eigenvalue weighted by Crippen LogP contribution is -2.11. The zero-order valence-corrected chi connectivity index (χ0v) is 30.4. The van der Waals surface area contributed by atoms with E-state index in [0.29, 0.717) is 0 Å². The van der Waals surface area contributed by atoms with E-state index >= 15 is 0 Å². The maximum Gasteiger partial charge on any atom is 0.0540 e. The smallest absolute Gasteiger partial charge is 0.0540 e. The van der Waals surface area contributed by atoms with Crippen molar-refractivity contribution in [1.82, 2.24) is 0 Å². The van der Waals surface area contributed by atoms with Crippen molar-refractivity contribution in [2.45, 2.75) is 0 Å². The van der Waals surface area contributed by atoms with Crippen LogP contribution in [0.5, 0.6) is 0 Å². The van der Waals surface area contributed by atoms with Crippen molar-refractivity contribution in [2.75, 3.05) is 4.90 Å². The van der Waals surface area contributed by atoms with Crippen LogP contribution in [0.25, 0.3) is 75.5 Å². The number of hydrogen-bond donors (Lipinski definition) is 0. The van der Waals surface area contributed by atoms with Gasteiger partial charge in [-0.3, -0.25) is 0 Å². The van der Waals surface area contributed by atoms with Gasteiger partial charge in [-0.15, -0.1) is 11.3 Å². The van der Waals surface area contributed by atoms with Crippen molar-refractivity contribution >= 4 is 59.3 Å². The van der Waals surface area contributed by atoms with Gasteiger partial charge < -0.3 is 4.90 Å². The molecule has 2 heteroatoms. The fourth-order valence-corrected chi connectivity index (χ4v) is 8.99. The van der Waals surface area contributed by atoms with Gasteiger partial charge in [-0.25, -0.2) is 0 Å². The molecule has 9 aromatic carbocycles. The lowest BCUT2D eigenvalue weighted by atomic mass is 9.88. The van der Waals surface area contributed by atoms with Crippen molar-refractivity contribution in [2.24, 2.45) is 0 Å². The Morgan fingerprint density at radius 3 is 1.56 bits per heavy atom. The zero-order chi connectivity index (χ0) is 35.8. The van der Waals surface area contributed by atoms with Gasteiger partial charge in [-0.05, 0) is 98.2 Å². The molecule has 0 atom stereocenters. The summed E-state index contributed by atoms with van der Waals surface area (Å²) in [6.07, 6.45) is 0. The van der Waals surface area contributed by atoms with E-state index in [-0.39, 0.29) is 0 Å². The largest absolute Gasteiger partial charge is 0.310 e. The van der Waals surface area contributed by atoms with Crippen molar-refractivity contribution in [3.05, 3.63) is 212 Å². The first-order chi connectivity index (χ1) is 26.8. The summed E-state index contributed by atoms with van der Waals surface area (Å²) >= 11 is 1.87. The van der Waals surface area contributed by atoms with Crippen LogP contribution in [0.2, 0.25) is 0 Å². The highest BCUT2D eigenvalue weighted by Crippen LogP contribution is 2.49. The molecule has 1 aromatic heterocycles. The molecule has 0 aliphatic heterocycles. The third-order valence-electron chi connectivity index (χ3n) is 10.5. The minimum absolute atomic E-state index is 1.10. The number of benzene rings is 9. The number of hydrogen-bond acceptors (Lipinski definition) is 2. The minimum Gasteiger partial charge on any atom is -0.310 e. The molecular weight excluding hydrogens is 671 g/mol. The molecule has 0 spiro atoms. The number of rotatable bonds is 7. The monoisotopic (exact) mass is 705 g/mol. The van der Waals surface area contributed by atoms with Gasteiger partial charge in [0, 0.05) is 37.1 Å². The van der Waals surface area contributed by atoms with Gasteiger partial charge in [-0.2, -0.15) is 0 Å². The summed E-state index contributed by atoms with van der Waals surface area (Å²) in [5.41, 5.74) is 13.0. The van der Waals surface area contributed by atoms with Gasteiger partial charge in [0.25, 0.3) is 0 Å². The number of thiophene rings is 1. The predicted octanol–water partition coefficient (Wildman–Crippen LogP) is 15.3. The highest BCUT2D eigenvalue weighted by molar-refractivity contribution is 7.26. The first kappa shape index (κ1) is 32.0. The van der Waals surface area contributed by atoms with Crippen LogP contribution in [-0.4, -0.2) is 0 Å². The van der Waals surface area contributed by atoms with Gasteiger partial charge in [-0.1, -0.05) is 164 Å². The third-order valence-corrected chi connectivity index (χ3v) is 11.6. The molecule has 0 N–H and O–H groups in total. The molecule has 0 amide bonds. The van der Waals surface area contributed by atoms with E-state index in [9.17, 15) is 0 Å². The maximum absolute atomic E-state index is 2.42. The topological polar surface area (TPSA) is 3.24 Å². The number of fused-ring (bicyclic) bond motifs is 4. The molecule has 10 rings (SSSR count). The molecule has 1 nitrogen and oxygen atoms in total. The zero-order valence-electron chi connectivity index (χ0n) is 29.6. The molecule has 0 radical (unpaired) electrons. The molecule has 1 heterocycles. The van der Waals surface area contributed by atoms with Crippen LogP contribution in [-0.2, 0) is 0 Å². The number of nitrogens with zero attached hydrogens (tertiary/aromatic N) is 1. The molecule has 10 aromatic rings. The van der Waals surface area contributed by atoms with Crippen LogP contribution >= 0.6 is 11.3 Å². The third kappa shape index (κ3) is 5.74. The van der Waals surface area contributed by atoms with Gasteiger partial charge in [0.15, 0.2) is 0 Å². The summed E-state index contributed by atoms with van der Waals surface area (Å²) in [5, 5.41) is 5.09. The summed E-state index contributed by atoms with van der Waals surface area (Å²) in [4.78, 5) is 2.42. The maximum atomic E-state index is 2.42. The van der Waals surface area contributed by atoms with E-state index < -0.39 is 0 Å². The van der Waals surface area contributed by atoms with Crippen LogP contribution in [0.1, 0.15) is 0 Å². The Bertz CT molecular complexity index is 2820. The normalized spacial score (nSPS) is 11.3. The van der Waals surface area contributed by atoms with Crippen molar-refractivity contribution in [3.63, 3.8) is 0 Å². The summed E-state index contributed by atoms with van der Waals surface area (Å²) in [6, 6.07) is 77.2. The van der Waals surface area contributed by atoms with E-state index in [0.717, 1.165) is 17.1 Å². The quantitative estimate of drug-likeness (QED) is 0.160. The molecule has 0 saturated carbocycles. The molecule has 254 valence electrons. The Hall–Kier alpha value is -6.74. The summed E-state index contributed by atoms with van der Waals surface area (Å²) < 4.78 is 2.60. The van der Waals surface area contributed by atoms with Crippen LogP contribution < -0.4 is 4.90 Å². The SMILES string of the molecule is c1ccc(-c2ccc(N(c3ccc(-c4ccccc4)cc3)c3ccccc3-c3ccc4sc5ccccc5c4c3-c3ccc4ccccc4c3)cc2)cc1. The fourth-order valence-electron chi connectivity index (χ4n) is 7.88. The van der Waals surface area contributed by atoms with Crippen LogP contribution in [0, 0.1) is 0 Å². The van der Waals surface area contributed by atoms with Gasteiger partial charge in [0.2, 0.25) is 0 Å². The van der Waals surface area contributed by atoms with Crippen LogP contribution in [0.15, 0.2) is 212 Å². The Morgan fingerprint density at radius 1 is 0.333 bits per heavy atom. The first-order valence-electron chi connectivity index (χ1n) is 18.4. The average Bonchev–Trinajstić information content (AvgIpc) is 3.63. The molecule has 0 fully saturated rings. The second kappa shape index (κ2) is 13.7. The number of para-hydroxylation sites is 1. The predicted molar refractivity (Wildman–Crippen MR) is 233 cm³/mol. The number of anilines is 3. The van der Waals surface area contributed by atoms with Crippen LogP contribution in [0.4, 0.5) is 17.1 Å². The molecule has 0 unspecified atom stereocenters. The fraction of sp³-hybridized carbons (Fsp3) is 0. The second-order valence-electron chi connectivity index (χ2n) is 13.7. The molecule has 0 aliphatic carbocycles. The highest BCUT2D eigenvalue weighted by Gasteiger charge is 2.22. The van der Waals surface area contributed by atoms with E-state index in [1.807, 2.05) is 11.3 Å². The van der Waals surface area contributed by atoms with Crippen molar-refractivity contribution in [1.29, 1.82) is 0 Å². The van der Waals surface area contributed by atoms with E-state index in [2.05, 4.69) is 217 Å². The van der Waals surface area contributed by atoms with Crippen molar-refractivity contribution < 1.29 is 0 Å². The van der Waals surface area contributed by atoms with Gasteiger partial charge in [0.1, 0.15) is 0 Å². The molecular formula is C52H35NS. The molecule has 0 bridgehead atoms. The first-order valence-corrected chi connectivity index (χ1v) is 19.2. The standard InChI is InChI=1S/C52H35NS/c1-3-13-36(14-4-1)39-25-29-43(30-26-39)53(44-31-27-40(28-32-44)37-15-5-2-6-16-37)48-21-11-9-19-45(48)46-33-34-50-52(47-20-10-12-22-49(47)54-50)51(46)42-24-23-38-17-7-8-18-41(38)35-42/h1-35H. The summed E-state index contributed by atoms with van der Waals surface area (Å²) in [6.45, 7) is 0. The van der Waals surface area contributed by atoms with Gasteiger partial charge >= 0.3 is 0 Å². The summed E-state index contributed by atoms with van der Waals surface area (Å²) in [7, 11) is 0. The Kier molecular flexibility index (Phi) is 8.09. The second-order valence-corrected chi connectivity index (χ2v) is 14.8. The molecule has 0 aliphatic rings. The van der Waals surface area contributed by atoms with Crippen LogP contribution in [0.3, 0.4) is 0 Å². The average molecular weight is 706 g/mol. The Labute approximate surface area is 319 Å². The van der Waals surface area contributed by atoms with E-state index in [1.165, 1.54) is 75.5 Å². The molecule has 54 heavy (non-hydrogen) atoms. The molecule has 0 saturated heterocycles. The lowest BCUT2D eigenvalue weighted by Gasteiger charge is -2.29. The van der Waals surface area contributed by atoms with Crippen molar-refractivity contribution in [3.8, 4) is 44.5 Å².